The van der Waals surface area contributed by atoms with Crippen molar-refractivity contribution in [2.24, 2.45) is 0 Å². The van der Waals surface area contributed by atoms with Crippen molar-refractivity contribution >= 4 is 22.4 Å². The van der Waals surface area contributed by atoms with Crippen LogP contribution in [0.5, 0.6) is 0 Å². The highest BCUT2D eigenvalue weighted by atomic mass is 19.1. The van der Waals surface area contributed by atoms with Crippen LogP contribution in [0.4, 0.5) is 8.78 Å². The number of fused-ring (bicyclic) bond motifs is 1. The first-order valence-electron chi connectivity index (χ1n) is 9.45. The number of carbonyl (C=O) groups excluding carboxylic acids is 1. The Morgan fingerprint density at radius 3 is 2.76 bits per heavy atom. The molecule has 0 bridgehead atoms. The summed E-state index contributed by atoms with van der Waals surface area (Å²) in [5.74, 6) is -0.350. The Balaban J connectivity index is 1.68. The summed E-state index contributed by atoms with van der Waals surface area (Å²) in [7, 11) is 1.66. The first-order valence-corrected chi connectivity index (χ1v) is 9.45. The van der Waals surface area contributed by atoms with Crippen LogP contribution in [0, 0.1) is 12.7 Å². The van der Waals surface area contributed by atoms with Gasteiger partial charge in [0, 0.05) is 29.6 Å². The van der Waals surface area contributed by atoms with E-state index in [-0.39, 0.29) is 24.7 Å². The fourth-order valence-electron chi connectivity index (χ4n) is 3.60. The smallest absolute Gasteiger partial charge is 0.227 e. The molecule has 0 spiro atoms. The molecule has 1 N–H and O–H groups in total. The number of halogens is 2. The molecule has 1 aliphatic carbocycles. The number of nitrogens with zero attached hydrogens (tertiary/aromatic N) is 2. The number of nitrogens with one attached hydrogen (secondary N) is 1. The van der Waals surface area contributed by atoms with Crippen LogP contribution in [0.3, 0.4) is 0 Å². The predicted molar refractivity (Wildman–Crippen MR) is 106 cm³/mol. The third-order valence-electron chi connectivity index (χ3n) is 5.06. The minimum Gasteiger partial charge on any atom is -0.359 e. The quantitative estimate of drug-likeness (QED) is 0.670. The summed E-state index contributed by atoms with van der Waals surface area (Å²) in [5.41, 5.74) is 2.93. The molecular formula is C22H21F2N3O2. The van der Waals surface area contributed by atoms with Crippen molar-refractivity contribution in [3.05, 3.63) is 70.8 Å². The molecule has 7 heteroatoms. The van der Waals surface area contributed by atoms with E-state index in [9.17, 15) is 13.6 Å². The molecule has 0 unspecified atom stereocenters. The summed E-state index contributed by atoms with van der Waals surface area (Å²) in [6.45, 7) is 2.07. The van der Waals surface area contributed by atoms with E-state index in [4.69, 9.17) is 4.52 Å². The van der Waals surface area contributed by atoms with E-state index in [2.05, 4.69) is 10.1 Å². The highest BCUT2D eigenvalue weighted by molar-refractivity contribution is 5.95. The monoisotopic (exact) mass is 397 g/mol. The SMILES string of the molecule is Cc1cc(CN(C)C(=O)Cc2c(C3=CCCC=C3F)[nH]c3ccc(F)cc23)on1. The zero-order valence-electron chi connectivity index (χ0n) is 16.3. The molecule has 2 heterocycles. The van der Waals surface area contributed by atoms with Gasteiger partial charge < -0.3 is 14.4 Å². The summed E-state index contributed by atoms with van der Waals surface area (Å²) in [4.78, 5) is 17.6. The molecule has 150 valence electrons. The predicted octanol–water partition coefficient (Wildman–Crippen LogP) is 4.84. The van der Waals surface area contributed by atoms with Crippen molar-refractivity contribution < 1.29 is 18.1 Å². The van der Waals surface area contributed by atoms with E-state index in [1.807, 2.05) is 13.0 Å². The number of amides is 1. The molecule has 3 aromatic rings. The lowest BCUT2D eigenvalue weighted by Gasteiger charge is -2.17. The lowest BCUT2D eigenvalue weighted by molar-refractivity contribution is -0.129. The lowest BCUT2D eigenvalue weighted by atomic mass is 9.97. The van der Waals surface area contributed by atoms with Crippen LogP contribution in [0.2, 0.25) is 0 Å². The van der Waals surface area contributed by atoms with E-state index in [0.717, 1.165) is 5.69 Å². The first-order chi connectivity index (χ1) is 13.9. The fourth-order valence-corrected chi connectivity index (χ4v) is 3.60. The van der Waals surface area contributed by atoms with Crippen LogP contribution >= 0.6 is 0 Å². The Morgan fingerprint density at radius 1 is 1.24 bits per heavy atom. The Morgan fingerprint density at radius 2 is 2.03 bits per heavy atom. The molecule has 1 aliphatic rings. The number of allylic oxidation sites excluding steroid dienone is 4. The summed E-state index contributed by atoms with van der Waals surface area (Å²) < 4.78 is 33.6. The summed E-state index contributed by atoms with van der Waals surface area (Å²) >= 11 is 0. The third-order valence-corrected chi connectivity index (χ3v) is 5.06. The highest BCUT2D eigenvalue weighted by Gasteiger charge is 2.23. The number of carbonyl (C=O) groups is 1. The largest absolute Gasteiger partial charge is 0.359 e. The zero-order valence-corrected chi connectivity index (χ0v) is 16.3. The number of rotatable bonds is 5. The molecule has 0 atom stereocenters. The van der Waals surface area contributed by atoms with Gasteiger partial charge in [-0.2, -0.15) is 0 Å². The van der Waals surface area contributed by atoms with Gasteiger partial charge in [-0.15, -0.1) is 0 Å². The number of hydrogen-bond acceptors (Lipinski definition) is 3. The van der Waals surface area contributed by atoms with Crippen LogP contribution in [0.1, 0.15) is 35.6 Å². The highest BCUT2D eigenvalue weighted by Crippen LogP contribution is 2.35. The second-order valence-corrected chi connectivity index (χ2v) is 7.28. The molecule has 1 aromatic carbocycles. The maximum Gasteiger partial charge on any atom is 0.227 e. The molecule has 0 aliphatic heterocycles. The maximum absolute atomic E-state index is 14.5. The fraction of sp³-hybridized carbons (Fsp3) is 0.273. The van der Waals surface area contributed by atoms with Gasteiger partial charge in [-0.25, -0.2) is 8.78 Å². The van der Waals surface area contributed by atoms with Gasteiger partial charge in [-0.1, -0.05) is 11.2 Å². The second kappa shape index (κ2) is 7.66. The molecule has 0 fully saturated rings. The van der Waals surface area contributed by atoms with Crippen LogP contribution in [0.25, 0.3) is 16.5 Å². The topological polar surface area (TPSA) is 62.1 Å². The number of likely N-dealkylation sites (N-methyl/N-ethyl adjacent to an activating group) is 1. The Bertz CT molecular complexity index is 1140. The van der Waals surface area contributed by atoms with Crippen LogP contribution in [0.15, 0.2) is 46.8 Å². The van der Waals surface area contributed by atoms with Crippen molar-refractivity contribution in [1.82, 2.24) is 15.0 Å². The Kier molecular flexibility index (Phi) is 5.05. The summed E-state index contributed by atoms with van der Waals surface area (Å²) in [6.07, 6.45) is 4.70. The zero-order chi connectivity index (χ0) is 20.5. The molecule has 4 rings (SSSR count). The average Bonchev–Trinajstić information content (AvgIpc) is 3.25. The van der Waals surface area contributed by atoms with Crippen LogP contribution in [-0.4, -0.2) is 28.0 Å². The molecule has 0 saturated heterocycles. The second-order valence-electron chi connectivity index (χ2n) is 7.28. The minimum atomic E-state index is -0.407. The van der Waals surface area contributed by atoms with Crippen molar-refractivity contribution in [3.8, 4) is 0 Å². The van der Waals surface area contributed by atoms with Gasteiger partial charge in [0.05, 0.1) is 24.4 Å². The first kappa shape index (κ1) is 19.1. The van der Waals surface area contributed by atoms with Gasteiger partial charge in [0.2, 0.25) is 5.91 Å². The molecular weight excluding hydrogens is 376 g/mol. The van der Waals surface area contributed by atoms with Gasteiger partial charge in [0.1, 0.15) is 11.6 Å². The van der Waals surface area contributed by atoms with E-state index < -0.39 is 5.82 Å². The summed E-state index contributed by atoms with van der Waals surface area (Å²) in [5, 5.41) is 4.40. The van der Waals surface area contributed by atoms with E-state index >= 15 is 0 Å². The number of aromatic amines is 1. The van der Waals surface area contributed by atoms with Gasteiger partial charge in [-0.05, 0) is 49.6 Å². The molecule has 0 saturated carbocycles. The lowest BCUT2D eigenvalue weighted by Crippen LogP contribution is -2.27. The molecule has 29 heavy (non-hydrogen) atoms. The number of aromatic nitrogens is 2. The van der Waals surface area contributed by atoms with Crippen LogP contribution < -0.4 is 0 Å². The number of hydrogen-bond donors (Lipinski definition) is 1. The number of aryl methyl sites for hydroxylation is 1. The molecule has 2 aromatic heterocycles. The van der Waals surface area contributed by atoms with Gasteiger partial charge >= 0.3 is 0 Å². The Labute approximate surface area is 166 Å². The normalized spacial score (nSPS) is 14.1. The summed E-state index contributed by atoms with van der Waals surface area (Å²) in [6, 6.07) is 6.09. The molecule has 1 amide bonds. The molecule has 0 radical (unpaired) electrons. The van der Waals surface area contributed by atoms with E-state index in [1.165, 1.54) is 23.1 Å². The number of H-pyrrole nitrogens is 1. The van der Waals surface area contributed by atoms with Crippen molar-refractivity contribution in [3.63, 3.8) is 0 Å². The standard InChI is InChI=1S/C22H21F2N3O2/c1-13-9-15(29-26-13)12-27(2)21(28)11-18-17-10-14(23)7-8-20(17)25-22(18)16-5-3-4-6-19(16)24/h5-10,25H,3-4,11-12H2,1-2H3. The van der Waals surface area contributed by atoms with Crippen molar-refractivity contribution in [2.75, 3.05) is 7.05 Å². The van der Waals surface area contributed by atoms with Gasteiger partial charge in [0.25, 0.3) is 0 Å². The van der Waals surface area contributed by atoms with Gasteiger partial charge in [0.15, 0.2) is 5.76 Å². The van der Waals surface area contributed by atoms with Crippen LogP contribution in [-0.2, 0) is 17.8 Å². The van der Waals surface area contributed by atoms with Gasteiger partial charge in [-0.3, -0.25) is 4.79 Å². The number of benzene rings is 1. The van der Waals surface area contributed by atoms with Crippen molar-refractivity contribution in [1.29, 1.82) is 0 Å². The Hall–Kier alpha value is -3.22. The molecule has 5 nitrogen and oxygen atoms in total. The van der Waals surface area contributed by atoms with E-state index in [1.54, 1.807) is 19.2 Å². The van der Waals surface area contributed by atoms with E-state index in [0.29, 0.717) is 46.3 Å². The third kappa shape index (κ3) is 3.85. The maximum atomic E-state index is 14.5. The average molecular weight is 397 g/mol. The van der Waals surface area contributed by atoms with Crippen molar-refractivity contribution in [2.45, 2.75) is 32.7 Å². The minimum absolute atomic E-state index is 0.00697.